The summed E-state index contributed by atoms with van der Waals surface area (Å²) >= 11 is 12.5. The van der Waals surface area contributed by atoms with Crippen LogP contribution in [0.2, 0.25) is 10.0 Å². The average molecular weight is 490 g/mol. The normalized spacial score (nSPS) is 27.3. The highest BCUT2D eigenvalue weighted by atomic mass is 35.5. The topological polar surface area (TPSA) is 77.8 Å². The number of benzene rings is 2. The molecule has 5 nitrogen and oxygen atoms in total. The summed E-state index contributed by atoms with van der Waals surface area (Å²) in [5.74, 6) is -1.25. The molecule has 0 bridgehead atoms. The highest BCUT2D eigenvalue weighted by Gasteiger charge is 2.55. The van der Waals surface area contributed by atoms with Crippen LogP contribution in [0, 0.1) is 11.3 Å². The zero-order chi connectivity index (χ0) is 23.9. The van der Waals surface area contributed by atoms with Crippen LogP contribution in [0.4, 0.5) is 0 Å². The third kappa shape index (κ3) is 4.91. The second kappa shape index (κ2) is 9.28. The molecule has 1 heterocycles. The number of aliphatic carboxylic acids is 1. The van der Waals surface area contributed by atoms with Gasteiger partial charge in [-0.15, -0.1) is 0 Å². The van der Waals surface area contributed by atoms with Crippen LogP contribution in [0.3, 0.4) is 0 Å². The first-order chi connectivity index (χ1) is 15.6. The van der Waals surface area contributed by atoms with Gasteiger partial charge in [0, 0.05) is 16.0 Å². The first-order valence-electron chi connectivity index (χ1n) is 11.3. The van der Waals surface area contributed by atoms with Gasteiger partial charge < -0.3 is 15.1 Å². The number of carboxylic acids is 1. The summed E-state index contributed by atoms with van der Waals surface area (Å²) < 4.78 is 0. The van der Waals surface area contributed by atoms with Crippen molar-refractivity contribution in [2.75, 3.05) is 0 Å². The van der Waals surface area contributed by atoms with E-state index in [4.69, 9.17) is 23.2 Å². The molecule has 1 aliphatic heterocycles. The Labute approximate surface area is 204 Å². The Morgan fingerprint density at radius 2 is 1.79 bits per heavy atom. The Kier molecular flexibility index (Phi) is 6.77. The van der Waals surface area contributed by atoms with Crippen LogP contribution in [0.25, 0.3) is 0 Å². The molecule has 2 aliphatic rings. The van der Waals surface area contributed by atoms with E-state index in [-0.39, 0.29) is 30.2 Å². The summed E-state index contributed by atoms with van der Waals surface area (Å²) in [6.07, 6.45) is 1.21. The highest BCUT2D eigenvalue weighted by Crippen LogP contribution is 2.54. The number of carbonyl (C=O) groups is 2. The molecule has 0 spiro atoms. The van der Waals surface area contributed by atoms with Crippen molar-refractivity contribution in [1.29, 1.82) is 0 Å². The van der Waals surface area contributed by atoms with Crippen molar-refractivity contribution in [2.45, 2.75) is 63.6 Å². The van der Waals surface area contributed by atoms with Gasteiger partial charge in [0.15, 0.2) is 0 Å². The maximum absolute atomic E-state index is 14.1. The second-order valence-corrected chi connectivity index (χ2v) is 10.6. The van der Waals surface area contributed by atoms with Gasteiger partial charge in [-0.25, -0.2) is 0 Å². The molecule has 1 saturated carbocycles. The first-order valence-corrected chi connectivity index (χ1v) is 12.1. The Morgan fingerprint density at radius 1 is 1.12 bits per heavy atom. The summed E-state index contributed by atoms with van der Waals surface area (Å²) in [7, 11) is 0. The fourth-order valence-corrected chi connectivity index (χ4v) is 5.82. The van der Waals surface area contributed by atoms with Gasteiger partial charge in [0.05, 0.1) is 30.0 Å². The van der Waals surface area contributed by atoms with Gasteiger partial charge >= 0.3 is 5.97 Å². The van der Waals surface area contributed by atoms with E-state index in [1.807, 2.05) is 30.3 Å². The van der Waals surface area contributed by atoms with E-state index in [1.165, 1.54) is 0 Å². The smallest absolute Gasteiger partial charge is 0.304 e. The van der Waals surface area contributed by atoms with Gasteiger partial charge in [0.1, 0.15) is 0 Å². The fourth-order valence-electron chi connectivity index (χ4n) is 5.50. The molecule has 2 N–H and O–H groups in total. The molecular weight excluding hydrogens is 461 g/mol. The van der Waals surface area contributed by atoms with Crippen LogP contribution in [0.5, 0.6) is 0 Å². The lowest BCUT2D eigenvalue weighted by Crippen LogP contribution is -2.59. The Bertz CT molecular complexity index is 1030. The number of likely N-dealkylation sites (tertiary alicyclic amines) is 1. The number of nitrogens with zero attached hydrogens (tertiary/aromatic N) is 1. The predicted octanol–water partition coefficient (Wildman–Crippen LogP) is 5.69. The van der Waals surface area contributed by atoms with E-state index in [0.717, 1.165) is 24.0 Å². The zero-order valence-corrected chi connectivity index (χ0v) is 20.3. The molecule has 1 amide bonds. The molecule has 0 aromatic heterocycles. The molecule has 176 valence electrons. The van der Waals surface area contributed by atoms with E-state index < -0.39 is 23.5 Å². The summed E-state index contributed by atoms with van der Waals surface area (Å²) in [6, 6.07) is 14.2. The van der Waals surface area contributed by atoms with Gasteiger partial charge in [-0.2, -0.15) is 0 Å². The van der Waals surface area contributed by atoms with Crippen molar-refractivity contribution in [2.24, 2.45) is 11.3 Å². The van der Waals surface area contributed by atoms with Gasteiger partial charge in [-0.3, -0.25) is 9.59 Å². The molecule has 33 heavy (non-hydrogen) atoms. The summed E-state index contributed by atoms with van der Waals surface area (Å²) in [4.78, 5) is 27.7. The molecule has 1 saturated heterocycles. The number of hydrogen-bond acceptors (Lipinski definition) is 3. The number of halogens is 2. The van der Waals surface area contributed by atoms with Crippen LogP contribution >= 0.6 is 23.2 Å². The van der Waals surface area contributed by atoms with Gasteiger partial charge in [-0.05, 0) is 67.5 Å². The van der Waals surface area contributed by atoms with E-state index in [1.54, 1.807) is 36.9 Å². The largest absolute Gasteiger partial charge is 0.481 e. The summed E-state index contributed by atoms with van der Waals surface area (Å²) in [5.41, 5.74) is 0.738. The number of aliphatic hydroxyl groups is 1. The minimum atomic E-state index is -1.11. The van der Waals surface area contributed by atoms with Crippen molar-refractivity contribution in [3.05, 3.63) is 69.7 Å². The molecule has 1 aliphatic carbocycles. The van der Waals surface area contributed by atoms with Crippen LogP contribution < -0.4 is 0 Å². The molecule has 7 heteroatoms. The number of hydrogen-bond donors (Lipinski definition) is 2. The lowest BCUT2D eigenvalue weighted by Gasteiger charge is -2.52. The monoisotopic (exact) mass is 489 g/mol. The average Bonchev–Trinajstić information content (AvgIpc) is 3.56. The van der Waals surface area contributed by atoms with Gasteiger partial charge in [0.25, 0.3) is 0 Å². The third-order valence-electron chi connectivity index (χ3n) is 7.05. The predicted molar refractivity (Wildman–Crippen MR) is 128 cm³/mol. The zero-order valence-electron chi connectivity index (χ0n) is 18.7. The van der Waals surface area contributed by atoms with Crippen LogP contribution in [-0.2, 0) is 9.59 Å². The molecular formula is C26H29Cl2NO4. The van der Waals surface area contributed by atoms with Crippen LogP contribution in [0.1, 0.15) is 62.6 Å². The van der Waals surface area contributed by atoms with Crippen LogP contribution in [-0.4, -0.2) is 39.1 Å². The molecule has 0 unspecified atom stereocenters. The molecule has 0 radical (unpaired) electrons. The van der Waals surface area contributed by atoms with Crippen molar-refractivity contribution in [3.8, 4) is 0 Å². The van der Waals surface area contributed by atoms with Crippen molar-refractivity contribution >= 4 is 35.1 Å². The SMILES string of the molecule is C[C@H](O)[C@H](C1CC1)N1C(=O)[C@@](C)(CC(=O)O)C[C@H](c2cccc(Cl)c2)[C@H]1c1ccc(Cl)cc1. The van der Waals surface area contributed by atoms with Crippen molar-refractivity contribution in [1.82, 2.24) is 4.90 Å². The molecule has 2 aromatic carbocycles. The number of rotatable bonds is 7. The van der Waals surface area contributed by atoms with E-state index >= 15 is 0 Å². The lowest BCUT2D eigenvalue weighted by atomic mass is 9.66. The minimum absolute atomic E-state index is 0.191. The van der Waals surface area contributed by atoms with Crippen molar-refractivity contribution < 1.29 is 19.8 Å². The Hall–Kier alpha value is -2.08. The number of carboxylic acid groups (broad SMARTS) is 1. The maximum Gasteiger partial charge on any atom is 0.304 e. The van der Waals surface area contributed by atoms with E-state index in [9.17, 15) is 19.8 Å². The standard InChI is InChI=1S/C26H29Cl2NO4/c1-15(30)23(16-6-7-16)29-24(17-8-10-19(27)11-9-17)21(18-4-3-5-20(28)12-18)13-26(2,25(29)33)14-22(31)32/h3-5,8-12,15-16,21,23-24,30H,6-7,13-14H2,1-2H3,(H,31,32)/t15-,21+,23+,24+,26+/m0/s1. The number of carbonyl (C=O) groups excluding carboxylic acids is 1. The molecule has 5 atom stereocenters. The Balaban J connectivity index is 1.92. The van der Waals surface area contributed by atoms with E-state index in [0.29, 0.717) is 16.5 Å². The second-order valence-electron chi connectivity index (χ2n) is 9.77. The van der Waals surface area contributed by atoms with E-state index in [2.05, 4.69) is 0 Å². The van der Waals surface area contributed by atoms with Gasteiger partial charge in [-0.1, -0.05) is 54.4 Å². The summed E-state index contributed by atoms with van der Waals surface area (Å²) in [5, 5.41) is 21.6. The molecule has 2 fully saturated rings. The lowest BCUT2D eigenvalue weighted by molar-refractivity contribution is -0.164. The number of aliphatic hydroxyl groups excluding tert-OH is 1. The fraction of sp³-hybridized carbons (Fsp3) is 0.462. The van der Waals surface area contributed by atoms with Crippen molar-refractivity contribution in [3.63, 3.8) is 0 Å². The minimum Gasteiger partial charge on any atom is -0.481 e. The number of piperidine rings is 1. The molecule has 2 aromatic rings. The maximum atomic E-state index is 14.1. The molecule has 4 rings (SSSR count). The van der Waals surface area contributed by atoms with Crippen LogP contribution in [0.15, 0.2) is 48.5 Å². The number of amides is 1. The Morgan fingerprint density at radius 3 is 2.33 bits per heavy atom. The highest BCUT2D eigenvalue weighted by molar-refractivity contribution is 6.30. The summed E-state index contributed by atoms with van der Waals surface area (Å²) in [6.45, 7) is 3.45. The quantitative estimate of drug-likeness (QED) is 0.523. The van der Waals surface area contributed by atoms with Gasteiger partial charge in [0.2, 0.25) is 5.91 Å². The third-order valence-corrected chi connectivity index (χ3v) is 7.54. The first kappa shape index (κ1) is 24.1.